The van der Waals surface area contributed by atoms with Gasteiger partial charge >= 0.3 is 0 Å². The van der Waals surface area contributed by atoms with Gasteiger partial charge in [-0.25, -0.2) is 0 Å². The van der Waals surface area contributed by atoms with Crippen molar-refractivity contribution in [3.8, 4) is 0 Å². The van der Waals surface area contributed by atoms with Crippen molar-refractivity contribution in [2.24, 2.45) is 0 Å². The first-order chi connectivity index (χ1) is 5.46. The summed E-state index contributed by atoms with van der Waals surface area (Å²) < 4.78 is 0. The van der Waals surface area contributed by atoms with Gasteiger partial charge < -0.3 is 4.81 Å². The summed E-state index contributed by atoms with van der Waals surface area (Å²) in [5.74, 6) is -0.855. The molecule has 0 aromatic rings. The third kappa shape index (κ3) is 1.04. The van der Waals surface area contributed by atoms with E-state index < -0.39 is 11.8 Å². The predicted octanol–water partition coefficient (Wildman–Crippen LogP) is -1.32. The molecule has 6 heteroatoms. The van der Waals surface area contributed by atoms with E-state index in [1.807, 2.05) is 0 Å². The Balaban J connectivity index is 3.07. The highest BCUT2D eigenvalue weighted by Crippen LogP contribution is 2.11. The van der Waals surface area contributed by atoms with Crippen LogP contribution in [0.4, 0.5) is 0 Å². The van der Waals surface area contributed by atoms with Gasteiger partial charge in [0, 0.05) is 7.05 Å². The van der Waals surface area contributed by atoms with Crippen LogP contribution in [0.15, 0.2) is 12.2 Å². The predicted molar refractivity (Wildman–Crippen MR) is 49.9 cm³/mol. The molecule has 1 fully saturated rings. The monoisotopic (exact) mass is 182 g/mol. The molecule has 1 rings (SSSR count). The zero-order valence-corrected chi connectivity index (χ0v) is 7.64. The van der Waals surface area contributed by atoms with Crippen LogP contribution >= 0.6 is 12.2 Å². The van der Waals surface area contributed by atoms with Crippen LogP contribution in [0.3, 0.4) is 0 Å². The van der Waals surface area contributed by atoms with Crippen molar-refractivity contribution >= 4 is 37.1 Å². The van der Waals surface area contributed by atoms with Gasteiger partial charge in [-0.2, -0.15) is 0 Å². The molecule has 4 nitrogen and oxygen atoms in total. The number of likely N-dealkylation sites (N-methyl/N-ethyl adjacent to an activating group) is 1. The first-order valence-corrected chi connectivity index (χ1v) is 3.66. The fourth-order valence-corrected chi connectivity index (χ4v) is 1.06. The molecule has 0 unspecified atom stereocenters. The van der Waals surface area contributed by atoms with E-state index in [9.17, 15) is 9.59 Å². The van der Waals surface area contributed by atoms with Gasteiger partial charge in [0.25, 0.3) is 11.8 Å². The second-order valence-electron chi connectivity index (χ2n) is 2.49. The van der Waals surface area contributed by atoms with E-state index in [0.29, 0.717) is 0 Å². The molecule has 0 atom stereocenters. The summed E-state index contributed by atoms with van der Waals surface area (Å²) in [5, 5.41) is 0.206. The Morgan fingerprint density at radius 3 is 2.42 bits per heavy atom. The maximum Gasteiger partial charge on any atom is 0.264 e. The Kier molecular flexibility index (Phi) is 2.02. The number of carbonyl (C=O) groups excluding carboxylic acids is 2. The Labute approximate surface area is 76.2 Å². The van der Waals surface area contributed by atoms with E-state index in [1.54, 1.807) is 0 Å². The number of hydrogen-bond donors (Lipinski definition) is 0. The summed E-state index contributed by atoms with van der Waals surface area (Å²) in [4.78, 5) is 24.8. The summed E-state index contributed by atoms with van der Waals surface area (Å²) in [5.41, 5.74) is -0.0476. The zero-order valence-electron chi connectivity index (χ0n) is 6.83. The van der Waals surface area contributed by atoms with Gasteiger partial charge in [0.05, 0.1) is 5.57 Å². The second-order valence-corrected chi connectivity index (χ2v) is 2.85. The van der Waals surface area contributed by atoms with Gasteiger partial charge in [-0.15, -0.1) is 0 Å². The summed E-state index contributed by atoms with van der Waals surface area (Å²) >= 11 is 4.83. The molecule has 1 saturated heterocycles. The number of amides is 2. The van der Waals surface area contributed by atoms with Gasteiger partial charge in [-0.05, 0) is 12.2 Å². The lowest BCUT2D eigenvalue weighted by Gasteiger charge is -2.31. The maximum absolute atomic E-state index is 11.2. The normalized spacial score (nSPS) is 19.1. The molecule has 0 aliphatic carbocycles. The quantitative estimate of drug-likeness (QED) is 0.202. The average molecular weight is 182 g/mol. The lowest BCUT2D eigenvalue weighted by Crippen LogP contribution is -2.53. The van der Waals surface area contributed by atoms with E-state index in [0.717, 1.165) is 0 Å². The van der Waals surface area contributed by atoms with Crippen LogP contribution in [-0.4, -0.2) is 41.7 Å². The third-order valence-electron chi connectivity index (χ3n) is 1.70. The largest absolute Gasteiger partial charge is 0.338 e. The first-order valence-electron chi connectivity index (χ1n) is 3.25. The molecule has 0 N–H and O–H groups in total. The van der Waals surface area contributed by atoms with Crippen molar-refractivity contribution in [1.29, 1.82) is 0 Å². The molecule has 2 amide bonds. The number of thiocarbonyl (C=S) groups is 1. The SMILES string of the molecule is BN1C(=O)C(=C)C(=O)N(C)C1=S. The van der Waals surface area contributed by atoms with Crippen molar-refractivity contribution < 1.29 is 9.59 Å². The van der Waals surface area contributed by atoms with Crippen LogP contribution in [-0.2, 0) is 9.59 Å². The molecular formula is C6H7BN2O2S. The molecular weight excluding hydrogens is 175 g/mol. The molecule has 0 radical (unpaired) electrons. The van der Waals surface area contributed by atoms with Crippen molar-refractivity contribution in [2.75, 3.05) is 7.05 Å². The first kappa shape index (κ1) is 8.93. The molecule has 0 saturated carbocycles. The minimum absolute atomic E-state index is 0.0476. The molecule has 0 aromatic heterocycles. The molecule has 0 aromatic carbocycles. The Morgan fingerprint density at radius 1 is 1.42 bits per heavy atom. The van der Waals surface area contributed by atoms with Gasteiger partial charge in [0.1, 0.15) is 0 Å². The molecule has 1 aliphatic heterocycles. The van der Waals surface area contributed by atoms with Gasteiger partial charge in [-0.3, -0.25) is 14.5 Å². The Hall–Kier alpha value is -1.17. The van der Waals surface area contributed by atoms with E-state index in [4.69, 9.17) is 12.2 Å². The summed E-state index contributed by atoms with van der Waals surface area (Å²) in [6, 6.07) is 0. The smallest absolute Gasteiger partial charge is 0.264 e. The van der Waals surface area contributed by atoms with Crippen molar-refractivity contribution in [1.82, 2.24) is 9.71 Å². The standard InChI is InChI=1S/C6H7BN2O2S/c1-3-4(10)8(2)6(12)9(7)5(3)11/h1,7H2,2H3. The number of hydrogen-bond acceptors (Lipinski definition) is 3. The van der Waals surface area contributed by atoms with Crippen LogP contribution in [0.1, 0.15) is 0 Å². The van der Waals surface area contributed by atoms with Crippen molar-refractivity contribution in [3.05, 3.63) is 12.2 Å². The highest BCUT2D eigenvalue weighted by Gasteiger charge is 2.33. The number of carbonyl (C=O) groups is 2. The van der Waals surface area contributed by atoms with E-state index in [2.05, 4.69) is 6.58 Å². The second kappa shape index (κ2) is 2.71. The maximum atomic E-state index is 11.2. The van der Waals surface area contributed by atoms with Gasteiger partial charge in [-0.1, -0.05) is 6.58 Å². The molecule has 0 bridgehead atoms. The fourth-order valence-electron chi connectivity index (χ4n) is 0.895. The molecule has 1 aliphatic rings. The zero-order chi connectivity index (χ0) is 9.46. The molecule has 0 spiro atoms. The van der Waals surface area contributed by atoms with Crippen LogP contribution in [0.25, 0.3) is 0 Å². The van der Waals surface area contributed by atoms with E-state index in [1.165, 1.54) is 24.7 Å². The van der Waals surface area contributed by atoms with E-state index in [-0.39, 0.29) is 10.7 Å². The molecule has 1 heterocycles. The van der Waals surface area contributed by atoms with E-state index >= 15 is 0 Å². The summed E-state index contributed by atoms with van der Waals surface area (Å²) in [7, 11) is 3.03. The van der Waals surface area contributed by atoms with Crippen LogP contribution < -0.4 is 0 Å². The van der Waals surface area contributed by atoms with Crippen molar-refractivity contribution in [3.63, 3.8) is 0 Å². The molecule has 62 valence electrons. The Morgan fingerprint density at radius 2 is 1.92 bits per heavy atom. The van der Waals surface area contributed by atoms with Gasteiger partial charge in [0.2, 0.25) is 7.98 Å². The number of rotatable bonds is 0. The minimum Gasteiger partial charge on any atom is -0.338 e. The van der Waals surface area contributed by atoms with Crippen LogP contribution in [0.5, 0.6) is 0 Å². The van der Waals surface area contributed by atoms with Crippen LogP contribution in [0, 0.1) is 0 Å². The third-order valence-corrected chi connectivity index (χ3v) is 2.25. The highest BCUT2D eigenvalue weighted by molar-refractivity contribution is 7.80. The average Bonchev–Trinajstić information content (AvgIpc) is 2.08. The minimum atomic E-state index is -0.428. The topological polar surface area (TPSA) is 40.6 Å². The number of nitrogens with zero attached hydrogens (tertiary/aromatic N) is 2. The van der Waals surface area contributed by atoms with Gasteiger partial charge in [0.15, 0.2) is 5.11 Å². The fraction of sp³-hybridized carbons (Fsp3) is 0.167. The van der Waals surface area contributed by atoms with Crippen LogP contribution in [0.2, 0.25) is 0 Å². The lowest BCUT2D eigenvalue weighted by atomic mass is 10.1. The Bertz CT molecular complexity index is 276. The summed E-state index contributed by atoms with van der Waals surface area (Å²) in [6.07, 6.45) is 0. The molecule has 12 heavy (non-hydrogen) atoms. The van der Waals surface area contributed by atoms with Crippen molar-refractivity contribution in [2.45, 2.75) is 0 Å². The highest BCUT2D eigenvalue weighted by atomic mass is 32.1. The summed E-state index contributed by atoms with van der Waals surface area (Å²) in [6.45, 7) is 3.37. The lowest BCUT2D eigenvalue weighted by molar-refractivity contribution is -0.130.